The van der Waals surface area contributed by atoms with Crippen molar-refractivity contribution in [1.29, 1.82) is 0 Å². The lowest BCUT2D eigenvalue weighted by Crippen LogP contribution is -2.32. The summed E-state index contributed by atoms with van der Waals surface area (Å²) in [5, 5.41) is 2.49. The number of hydrogen-bond donors (Lipinski definition) is 2. The summed E-state index contributed by atoms with van der Waals surface area (Å²) < 4.78 is 12.9. The van der Waals surface area contributed by atoms with Crippen LogP contribution >= 0.6 is 12.2 Å². The van der Waals surface area contributed by atoms with Gasteiger partial charge >= 0.3 is 0 Å². The zero-order valence-electron chi connectivity index (χ0n) is 8.21. The molecule has 0 aliphatic carbocycles. The molecule has 0 atom stereocenters. The number of hydrogen-bond acceptors (Lipinski definition) is 2. The predicted octanol–water partition coefficient (Wildman–Crippen LogP) is 1.15. The maximum Gasteiger partial charge on any atom is 0.252 e. The molecule has 3 nitrogen and oxygen atoms in total. The Labute approximate surface area is 92.5 Å². The molecule has 5 heteroatoms. The van der Waals surface area contributed by atoms with Crippen LogP contribution in [0.1, 0.15) is 15.9 Å². The Hall–Kier alpha value is -1.49. The van der Waals surface area contributed by atoms with E-state index in [1.165, 1.54) is 12.1 Å². The lowest BCUT2D eigenvalue weighted by Gasteiger charge is -2.06. The molecule has 0 aliphatic heterocycles. The quantitative estimate of drug-likeness (QED) is 0.760. The topological polar surface area (TPSA) is 55.1 Å². The van der Waals surface area contributed by atoms with Gasteiger partial charge in [-0.2, -0.15) is 0 Å². The molecule has 0 unspecified atom stereocenters. The monoisotopic (exact) mass is 226 g/mol. The first kappa shape index (κ1) is 11.6. The summed E-state index contributed by atoms with van der Waals surface area (Å²) in [6.45, 7) is 1.85. The van der Waals surface area contributed by atoms with Gasteiger partial charge in [0.05, 0.1) is 11.5 Å². The third-order valence-corrected chi connectivity index (χ3v) is 2.01. The first-order chi connectivity index (χ1) is 7.00. The Morgan fingerprint density at radius 2 is 2.27 bits per heavy atom. The van der Waals surface area contributed by atoms with Crippen molar-refractivity contribution >= 4 is 23.1 Å². The number of benzene rings is 1. The van der Waals surface area contributed by atoms with Crippen molar-refractivity contribution in [1.82, 2.24) is 5.32 Å². The van der Waals surface area contributed by atoms with Crippen molar-refractivity contribution < 1.29 is 9.18 Å². The molecule has 0 fully saturated rings. The highest BCUT2D eigenvalue weighted by atomic mass is 32.1. The van der Waals surface area contributed by atoms with Crippen LogP contribution in [0.4, 0.5) is 4.39 Å². The van der Waals surface area contributed by atoms with E-state index in [0.717, 1.165) is 0 Å². The number of carbonyl (C=O) groups is 1. The molecule has 80 valence electrons. The van der Waals surface area contributed by atoms with Crippen LogP contribution in [0.2, 0.25) is 0 Å². The van der Waals surface area contributed by atoms with Crippen LogP contribution in [-0.2, 0) is 0 Å². The van der Waals surface area contributed by atoms with Gasteiger partial charge in [0.15, 0.2) is 0 Å². The summed E-state index contributed by atoms with van der Waals surface area (Å²) in [5.41, 5.74) is 6.23. The number of nitrogens with one attached hydrogen (secondary N) is 1. The Morgan fingerprint density at radius 1 is 1.60 bits per heavy atom. The highest BCUT2D eigenvalue weighted by molar-refractivity contribution is 7.80. The van der Waals surface area contributed by atoms with Crippen molar-refractivity contribution in [2.24, 2.45) is 5.73 Å². The molecule has 0 aliphatic rings. The zero-order valence-corrected chi connectivity index (χ0v) is 9.03. The third kappa shape index (κ3) is 3.28. The van der Waals surface area contributed by atoms with Gasteiger partial charge in [0.25, 0.3) is 5.91 Å². The van der Waals surface area contributed by atoms with Gasteiger partial charge in [-0.15, -0.1) is 0 Å². The van der Waals surface area contributed by atoms with Crippen LogP contribution < -0.4 is 11.1 Å². The lowest BCUT2D eigenvalue weighted by atomic mass is 10.1. The maximum absolute atomic E-state index is 12.9. The van der Waals surface area contributed by atoms with Gasteiger partial charge in [-0.25, -0.2) is 4.39 Å². The first-order valence-electron chi connectivity index (χ1n) is 4.33. The van der Waals surface area contributed by atoms with E-state index in [-0.39, 0.29) is 17.4 Å². The summed E-state index contributed by atoms with van der Waals surface area (Å²) >= 11 is 4.61. The first-order valence-corrected chi connectivity index (χ1v) is 4.74. The molecule has 1 amide bonds. The standard InChI is InChI=1S/C10H11FN2OS/c1-6-2-3-7(11)4-8(6)10(14)13-5-9(12)15/h2-4H,5H2,1H3,(H2,12,15)(H,13,14). The second kappa shape index (κ2) is 4.84. The summed E-state index contributed by atoms with van der Waals surface area (Å²) in [7, 11) is 0. The van der Waals surface area contributed by atoms with Crippen molar-refractivity contribution in [3.8, 4) is 0 Å². The predicted molar refractivity (Wildman–Crippen MR) is 60.3 cm³/mol. The van der Waals surface area contributed by atoms with E-state index in [1.807, 2.05) is 0 Å². The van der Waals surface area contributed by atoms with Gasteiger partial charge in [0.1, 0.15) is 5.82 Å². The molecule has 0 heterocycles. The largest absolute Gasteiger partial charge is 0.392 e. The van der Waals surface area contributed by atoms with E-state index in [0.29, 0.717) is 11.1 Å². The highest BCUT2D eigenvalue weighted by Crippen LogP contribution is 2.09. The van der Waals surface area contributed by atoms with Gasteiger partial charge in [0.2, 0.25) is 0 Å². The van der Waals surface area contributed by atoms with Crippen LogP contribution in [-0.4, -0.2) is 17.4 Å². The van der Waals surface area contributed by atoms with Crippen molar-refractivity contribution in [3.63, 3.8) is 0 Å². The van der Waals surface area contributed by atoms with E-state index in [4.69, 9.17) is 5.73 Å². The fourth-order valence-corrected chi connectivity index (χ4v) is 1.17. The molecule has 0 spiro atoms. The molecule has 0 radical (unpaired) electrons. The molecule has 1 aromatic carbocycles. The second-order valence-electron chi connectivity index (χ2n) is 3.11. The molecule has 1 aromatic rings. The SMILES string of the molecule is Cc1ccc(F)cc1C(=O)NCC(N)=S. The Balaban J connectivity index is 2.81. The van der Waals surface area contributed by atoms with E-state index in [9.17, 15) is 9.18 Å². The number of thiocarbonyl (C=S) groups is 1. The van der Waals surface area contributed by atoms with Crippen molar-refractivity contribution in [2.45, 2.75) is 6.92 Å². The third-order valence-electron chi connectivity index (χ3n) is 1.87. The van der Waals surface area contributed by atoms with Gasteiger partial charge in [0, 0.05) is 5.56 Å². The average Bonchev–Trinajstić information content (AvgIpc) is 2.18. The number of rotatable bonds is 3. The van der Waals surface area contributed by atoms with Gasteiger partial charge < -0.3 is 11.1 Å². The fraction of sp³-hybridized carbons (Fsp3) is 0.200. The van der Waals surface area contributed by atoms with Gasteiger partial charge in [-0.3, -0.25) is 4.79 Å². The van der Waals surface area contributed by atoms with Gasteiger partial charge in [-0.05, 0) is 24.6 Å². The minimum absolute atomic E-state index is 0.115. The number of halogens is 1. The smallest absolute Gasteiger partial charge is 0.252 e. The highest BCUT2D eigenvalue weighted by Gasteiger charge is 2.09. The maximum atomic E-state index is 12.9. The molecule has 0 aromatic heterocycles. The van der Waals surface area contributed by atoms with Crippen molar-refractivity contribution in [3.05, 3.63) is 35.1 Å². The fourth-order valence-electron chi connectivity index (χ4n) is 1.10. The Bertz CT molecular complexity index is 406. The second-order valence-corrected chi connectivity index (χ2v) is 3.63. The van der Waals surface area contributed by atoms with Crippen LogP contribution in [0, 0.1) is 12.7 Å². The van der Waals surface area contributed by atoms with E-state index in [1.54, 1.807) is 13.0 Å². The lowest BCUT2D eigenvalue weighted by molar-refractivity contribution is 0.0958. The Morgan fingerprint density at radius 3 is 2.87 bits per heavy atom. The molecular formula is C10H11FN2OS. The summed E-state index contributed by atoms with van der Waals surface area (Å²) in [6.07, 6.45) is 0. The Kier molecular flexibility index (Phi) is 3.74. The van der Waals surface area contributed by atoms with Crippen LogP contribution in [0.25, 0.3) is 0 Å². The molecule has 15 heavy (non-hydrogen) atoms. The van der Waals surface area contributed by atoms with Crippen LogP contribution in [0.15, 0.2) is 18.2 Å². The van der Waals surface area contributed by atoms with Crippen LogP contribution in [0.3, 0.4) is 0 Å². The van der Waals surface area contributed by atoms with Gasteiger partial charge in [-0.1, -0.05) is 18.3 Å². The van der Waals surface area contributed by atoms with Crippen LogP contribution in [0.5, 0.6) is 0 Å². The van der Waals surface area contributed by atoms with E-state index in [2.05, 4.69) is 17.5 Å². The number of amides is 1. The molecular weight excluding hydrogens is 215 g/mol. The molecule has 0 bridgehead atoms. The number of carbonyl (C=O) groups excluding carboxylic acids is 1. The van der Waals surface area contributed by atoms with E-state index < -0.39 is 5.82 Å². The normalized spacial score (nSPS) is 9.73. The number of nitrogens with two attached hydrogens (primary N) is 1. The zero-order chi connectivity index (χ0) is 11.4. The molecule has 1 rings (SSSR count). The molecule has 0 saturated heterocycles. The molecule has 3 N–H and O–H groups in total. The minimum atomic E-state index is -0.443. The molecule has 0 saturated carbocycles. The number of aryl methyl sites for hydroxylation is 1. The average molecular weight is 226 g/mol. The summed E-state index contributed by atoms with van der Waals surface area (Å²) in [6, 6.07) is 4.04. The minimum Gasteiger partial charge on any atom is -0.392 e. The summed E-state index contributed by atoms with van der Waals surface area (Å²) in [5.74, 6) is -0.819. The van der Waals surface area contributed by atoms with E-state index >= 15 is 0 Å². The summed E-state index contributed by atoms with van der Waals surface area (Å²) in [4.78, 5) is 11.7. The van der Waals surface area contributed by atoms with Crippen molar-refractivity contribution in [2.75, 3.05) is 6.54 Å².